The predicted octanol–water partition coefficient (Wildman–Crippen LogP) is 5.32. The fourth-order valence-corrected chi connectivity index (χ4v) is 3.75. The van der Waals surface area contributed by atoms with Crippen molar-refractivity contribution in [3.05, 3.63) is 81.0 Å². The number of ether oxygens (including phenoxy) is 1. The molecule has 0 N–H and O–H groups in total. The fourth-order valence-electron chi connectivity index (χ4n) is 2.88. The molecule has 4 rings (SSSR count). The number of benzene rings is 2. The van der Waals surface area contributed by atoms with Gasteiger partial charge in [0.05, 0.1) is 12.2 Å². The van der Waals surface area contributed by atoms with Gasteiger partial charge in [0.25, 0.3) is 5.91 Å². The Morgan fingerprint density at radius 3 is 2.75 bits per heavy atom. The second kappa shape index (κ2) is 8.29. The Kier molecular flexibility index (Phi) is 5.59. The number of amides is 1. The molecule has 1 saturated carbocycles. The largest absolute Gasteiger partial charge is 0.486 e. The van der Waals surface area contributed by atoms with Crippen LogP contribution in [0.4, 0.5) is 4.39 Å². The summed E-state index contributed by atoms with van der Waals surface area (Å²) in [4.78, 5) is 19.3. The number of carbonyl (C=O) groups is 1. The van der Waals surface area contributed by atoms with Crippen LogP contribution in [0.5, 0.6) is 5.75 Å². The molecule has 1 heterocycles. The molecule has 1 aromatic heterocycles. The normalized spacial score (nSPS) is 13.4. The number of thiazole rings is 1. The minimum atomic E-state index is -0.349. The number of hydrogen-bond acceptors (Lipinski definition) is 4. The lowest BCUT2D eigenvalue weighted by Gasteiger charge is -2.21. The van der Waals surface area contributed by atoms with Crippen LogP contribution >= 0.6 is 22.9 Å². The summed E-state index contributed by atoms with van der Waals surface area (Å²) in [5, 5.41) is 3.40. The number of halogens is 2. The van der Waals surface area contributed by atoms with Gasteiger partial charge in [0, 0.05) is 22.0 Å². The maximum atomic E-state index is 13.1. The lowest BCUT2D eigenvalue weighted by atomic mass is 10.2. The number of carbonyl (C=O) groups excluding carboxylic acids is 1. The Morgan fingerprint density at radius 1 is 1.25 bits per heavy atom. The van der Waals surface area contributed by atoms with E-state index in [1.807, 2.05) is 22.4 Å². The third-order valence-corrected chi connectivity index (χ3v) is 5.54. The number of rotatable bonds is 7. The third kappa shape index (κ3) is 4.69. The van der Waals surface area contributed by atoms with Crippen molar-refractivity contribution >= 4 is 28.8 Å². The summed E-state index contributed by atoms with van der Waals surface area (Å²) in [5.41, 5.74) is 1.32. The maximum Gasteiger partial charge on any atom is 0.254 e. The van der Waals surface area contributed by atoms with Crippen molar-refractivity contribution in [1.82, 2.24) is 9.88 Å². The average molecular weight is 417 g/mol. The Bertz CT molecular complexity index is 973. The molecular weight excluding hydrogens is 399 g/mol. The molecule has 7 heteroatoms. The molecule has 0 radical (unpaired) electrons. The lowest BCUT2D eigenvalue weighted by molar-refractivity contribution is 0.0728. The monoisotopic (exact) mass is 416 g/mol. The summed E-state index contributed by atoms with van der Waals surface area (Å²) >= 11 is 7.46. The van der Waals surface area contributed by atoms with Gasteiger partial charge in [-0.3, -0.25) is 4.79 Å². The molecule has 28 heavy (non-hydrogen) atoms. The minimum absolute atomic E-state index is 0.0905. The highest BCUT2D eigenvalue weighted by Crippen LogP contribution is 2.30. The Labute approximate surface area is 171 Å². The molecule has 0 unspecified atom stereocenters. The summed E-state index contributed by atoms with van der Waals surface area (Å²) in [6.07, 6.45) is 1.98. The smallest absolute Gasteiger partial charge is 0.254 e. The molecule has 0 spiro atoms. The molecule has 1 aliphatic rings. The summed E-state index contributed by atoms with van der Waals surface area (Å²) in [5.74, 6) is 0.251. The van der Waals surface area contributed by atoms with Crippen molar-refractivity contribution in [2.45, 2.75) is 32.0 Å². The second-order valence-corrected chi connectivity index (χ2v) is 8.03. The van der Waals surface area contributed by atoms with Crippen molar-refractivity contribution in [3.63, 3.8) is 0 Å². The molecule has 0 bridgehead atoms. The highest BCUT2D eigenvalue weighted by molar-refractivity contribution is 7.09. The second-order valence-electron chi connectivity index (χ2n) is 6.65. The summed E-state index contributed by atoms with van der Waals surface area (Å²) < 4.78 is 18.9. The molecule has 4 nitrogen and oxygen atoms in total. The summed E-state index contributed by atoms with van der Waals surface area (Å²) in [6, 6.07) is 13.1. The van der Waals surface area contributed by atoms with Crippen molar-refractivity contribution in [1.29, 1.82) is 0 Å². The van der Waals surface area contributed by atoms with E-state index in [0.29, 0.717) is 29.5 Å². The van der Waals surface area contributed by atoms with Crippen LogP contribution < -0.4 is 4.74 Å². The Balaban J connectivity index is 1.41. The highest BCUT2D eigenvalue weighted by atomic mass is 35.5. The van der Waals surface area contributed by atoms with E-state index in [1.54, 1.807) is 12.1 Å². The first kappa shape index (κ1) is 18.9. The molecule has 0 aliphatic heterocycles. The first-order valence-electron chi connectivity index (χ1n) is 8.96. The number of hydrogen-bond donors (Lipinski definition) is 0. The molecule has 1 fully saturated rings. The highest BCUT2D eigenvalue weighted by Gasteiger charge is 2.33. The van der Waals surface area contributed by atoms with E-state index < -0.39 is 0 Å². The van der Waals surface area contributed by atoms with E-state index in [2.05, 4.69) is 4.98 Å². The van der Waals surface area contributed by atoms with Crippen molar-refractivity contribution in [2.24, 2.45) is 0 Å². The third-order valence-electron chi connectivity index (χ3n) is 4.43. The topological polar surface area (TPSA) is 42.4 Å². The lowest BCUT2D eigenvalue weighted by Crippen LogP contribution is -2.32. The minimum Gasteiger partial charge on any atom is -0.486 e. The van der Waals surface area contributed by atoms with E-state index in [0.717, 1.165) is 23.5 Å². The molecule has 1 aliphatic carbocycles. The van der Waals surface area contributed by atoms with Gasteiger partial charge >= 0.3 is 0 Å². The molecule has 0 saturated heterocycles. The van der Waals surface area contributed by atoms with Crippen LogP contribution in [0.1, 0.15) is 33.9 Å². The van der Waals surface area contributed by atoms with E-state index in [-0.39, 0.29) is 17.8 Å². The van der Waals surface area contributed by atoms with Gasteiger partial charge in [-0.15, -0.1) is 11.3 Å². The van der Waals surface area contributed by atoms with Crippen LogP contribution in [-0.4, -0.2) is 21.8 Å². The molecule has 0 atom stereocenters. The average Bonchev–Trinajstić information content (AvgIpc) is 3.43. The van der Waals surface area contributed by atoms with Crippen LogP contribution in [0, 0.1) is 5.82 Å². The number of aromatic nitrogens is 1. The van der Waals surface area contributed by atoms with Crippen LogP contribution in [0.15, 0.2) is 53.9 Å². The molecule has 3 aromatic rings. The molecule has 1 amide bonds. The van der Waals surface area contributed by atoms with Crippen molar-refractivity contribution < 1.29 is 13.9 Å². The summed E-state index contributed by atoms with van der Waals surface area (Å²) in [6.45, 7) is 0.787. The van der Waals surface area contributed by atoms with Crippen LogP contribution in [0.25, 0.3) is 0 Å². The van der Waals surface area contributed by atoms with Gasteiger partial charge in [0.15, 0.2) is 0 Å². The van der Waals surface area contributed by atoms with Gasteiger partial charge in [-0.25, -0.2) is 9.37 Å². The van der Waals surface area contributed by atoms with Gasteiger partial charge in [-0.05, 0) is 55.3 Å². The van der Waals surface area contributed by atoms with Gasteiger partial charge in [-0.1, -0.05) is 17.7 Å². The van der Waals surface area contributed by atoms with Crippen molar-refractivity contribution in [3.8, 4) is 5.75 Å². The standard InChI is InChI=1S/C21H18ClFN2O2S/c22-15-2-1-3-19(10-15)27-12-20-24-17(13-28-20)11-25(18-8-9-18)21(26)14-4-6-16(23)7-5-14/h1-7,10,13,18H,8-9,11-12H2. The first-order valence-corrected chi connectivity index (χ1v) is 10.2. The van der Waals surface area contributed by atoms with Crippen LogP contribution in [-0.2, 0) is 13.2 Å². The van der Waals surface area contributed by atoms with Crippen molar-refractivity contribution in [2.75, 3.05) is 0 Å². The quantitative estimate of drug-likeness (QED) is 0.523. The van der Waals surface area contributed by atoms with Gasteiger partial charge in [0.2, 0.25) is 0 Å². The van der Waals surface area contributed by atoms with Gasteiger partial charge < -0.3 is 9.64 Å². The Hall–Kier alpha value is -2.44. The van der Waals surface area contributed by atoms with E-state index in [4.69, 9.17) is 16.3 Å². The first-order chi connectivity index (χ1) is 13.6. The van der Waals surface area contributed by atoms with Crippen LogP contribution in [0.3, 0.4) is 0 Å². The Morgan fingerprint density at radius 2 is 2.04 bits per heavy atom. The van der Waals surface area contributed by atoms with E-state index in [1.165, 1.54) is 35.6 Å². The molecule has 2 aromatic carbocycles. The maximum absolute atomic E-state index is 13.1. The fraction of sp³-hybridized carbons (Fsp3) is 0.238. The summed E-state index contributed by atoms with van der Waals surface area (Å²) in [7, 11) is 0. The zero-order valence-electron chi connectivity index (χ0n) is 15.0. The van der Waals surface area contributed by atoms with Gasteiger partial charge in [-0.2, -0.15) is 0 Å². The predicted molar refractivity (Wildman–Crippen MR) is 107 cm³/mol. The zero-order valence-corrected chi connectivity index (χ0v) is 16.5. The molecule has 144 valence electrons. The SMILES string of the molecule is O=C(c1ccc(F)cc1)N(Cc1csc(COc2cccc(Cl)c2)n1)C1CC1. The molecular formula is C21H18ClFN2O2S. The van der Waals surface area contributed by atoms with Gasteiger partial charge in [0.1, 0.15) is 23.2 Å². The van der Waals surface area contributed by atoms with E-state index >= 15 is 0 Å². The van der Waals surface area contributed by atoms with E-state index in [9.17, 15) is 9.18 Å². The number of nitrogens with zero attached hydrogens (tertiary/aromatic N) is 2. The van der Waals surface area contributed by atoms with Crippen LogP contribution in [0.2, 0.25) is 5.02 Å². The zero-order chi connectivity index (χ0) is 19.5.